The molecule has 1 N–H and O–H groups in total. The minimum atomic E-state index is -0.624. The molecule has 0 radical (unpaired) electrons. The normalized spacial score (nSPS) is 14.1. The maximum Gasteiger partial charge on any atom is 0.255 e. The number of ether oxygens (including phenoxy) is 1. The summed E-state index contributed by atoms with van der Waals surface area (Å²) in [6.07, 6.45) is 0.889. The second-order valence-corrected chi connectivity index (χ2v) is 6.66. The standard InChI is InChI=1S/C19H20ClFN2O2/c1-23(2)16(12-6-7-17-13(10-12)8-9-25-17)11-22-19(24)18-14(20)4-3-5-15(18)21/h3-7,10,16H,8-9,11H2,1-2H3,(H,22,24). The van der Waals surface area contributed by atoms with E-state index in [9.17, 15) is 9.18 Å². The third-order valence-corrected chi connectivity index (χ3v) is 4.68. The molecule has 1 aliphatic rings. The van der Waals surface area contributed by atoms with E-state index >= 15 is 0 Å². The average Bonchev–Trinajstić information content (AvgIpc) is 3.02. The molecule has 4 nitrogen and oxygen atoms in total. The molecule has 2 aromatic carbocycles. The van der Waals surface area contributed by atoms with Crippen LogP contribution in [0.5, 0.6) is 5.75 Å². The van der Waals surface area contributed by atoms with E-state index in [1.807, 2.05) is 31.1 Å². The van der Waals surface area contributed by atoms with Crippen LogP contribution in [0.1, 0.15) is 27.5 Å². The van der Waals surface area contributed by atoms with Crippen molar-refractivity contribution in [2.75, 3.05) is 27.2 Å². The number of benzene rings is 2. The van der Waals surface area contributed by atoms with Gasteiger partial charge in [0.25, 0.3) is 5.91 Å². The number of carbonyl (C=O) groups excluding carboxylic acids is 1. The van der Waals surface area contributed by atoms with E-state index in [1.165, 1.54) is 23.8 Å². The molecule has 0 bridgehead atoms. The summed E-state index contributed by atoms with van der Waals surface area (Å²) in [6, 6.07) is 10.2. The fourth-order valence-corrected chi connectivity index (χ4v) is 3.25. The van der Waals surface area contributed by atoms with Gasteiger partial charge in [-0.05, 0) is 43.4 Å². The predicted molar refractivity (Wildman–Crippen MR) is 95.8 cm³/mol. The summed E-state index contributed by atoms with van der Waals surface area (Å²) in [7, 11) is 3.88. The van der Waals surface area contributed by atoms with Crippen molar-refractivity contribution in [1.29, 1.82) is 0 Å². The molecule has 6 heteroatoms. The Labute approximate surface area is 151 Å². The van der Waals surface area contributed by atoms with Gasteiger partial charge in [-0.3, -0.25) is 4.79 Å². The van der Waals surface area contributed by atoms with E-state index in [0.29, 0.717) is 13.2 Å². The van der Waals surface area contributed by atoms with Gasteiger partial charge in [0.05, 0.1) is 23.2 Å². The van der Waals surface area contributed by atoms with Gasteiger partial charge in [0.15, 0.2) is 0 Å². The fourth-order valence-electron chi connectivity index (χ4n) is 3.00. The molecule has 25 heavy (non-hydrogen) atoms. The number of hydrogen-bond acceptors (Lipinski definition) is 3. The van der Waals surface area contributed by atoms with Crippen molar-refractivity contribution in [2.24, 2.45) is 0 Å². The molecule has 1 unspecified atom stereocenters. The van der Waals surface area contributed by atoms with Gasteiger partial charge in [-0.25, -0.2) is 4.39 Å². The first-order chi connectivity index (χ1) is 12.0. The van der Waals surface area contributed by atoms with E-state index in [1.54, 1.807) is 0 Å². The lowest BCUT2D eigenvalue weighted by Gasteiger charge is -2.25. The first-order valence-corrected chi connectivity index (χ1v) is 8.49. The van der Waals surface area contributed by atoms with Crippen LogP contribution in [0.2, 0.25) is 5.02 Å². The molecule has 0 aromatic heterocycles. The minimum absolute atomic E-state index is 0.0413. The monoisotopic (exact) mass is 362 g/mol. The van der Waals surface area contributed by atoms with Crippen LogP contribution in [-0.2, 0) is 6.42 Å². The molecular formula is C19H20ClFN2O2. The molecule has 1 atom stereocenters. The topological polar surface area (TPSA) is 41.6 Å². The summed E-state index contributed by atoms with van der Waals surface area (Å²) in [5.41, 5.74) is 2.13. The summed E-state index contributed by atoms with van der Waals surface area (Å²) >= 11 is 5.96. The Kier molecular flexibility index (Phi) is 5.25. The first-order valence-electron chi connectivity index (χ1n) is 8.11. The molecule has 2 aromatic rings. The number of likely N-dealkylation sites (N-methyl/N-ethyl adjacent to an activating group) is 1. The molecule has 132 valence electrons. The second kappa shape index (κ2) is 7.42. The lowest BCUT2D eigenvalue weighted by molar-refractivity contribution is 0.0938. The third-order valence-electron chi connectivity index (χ3n) is 4.37. The van der Waals surface area contributed by atoms with Crippen LogP contribution < -0.4 is 10.1 Å². The maximum absolute atomic E-state index is 13.9. The van der Waals surface area contributed by atoms with Crippen LogP contribution in [0, 0.1) is 5.82 Å². The number of hydrogen-bond donors (Lipinski definition) is 1. The Morgan fingerprint density at radius 2 is 2.16 bits per heavy atom. The zero-order valence-electron chi connectivity index (χ0n) is 14.2. The average molecular weight is 363 g/mol. The number of amides is 1. The van der Waals surface area contributed by atoms with Crippen molar-refractivity contribution in [3.05, 3.63) is 63.9 Å². The molecule has 1 aliphatic heterocycles. The highest BCUT2D eigenvalue weighted by Crippen LogP contribution is 2.29. The quantitative estimate of drug-likeness (QED) is 0.885. The summed E-state index contributed by atoms with van der Waals surface area (Å²) in [5.74, 6) is -0.219. The van der Waals surface area contributed by atoms with Crippen molar-refractivity contribution in [3.63, 3.8) is 0 Å². The van der Waals surface area contributed by atoms with E-state index in [-0.39, 0.29) is 16.6 Å². The van der Waals surface area contributed by atoms with E-state index in [0.717, 1.165) is 17.7 Å². The van der Waals surface area contributed by atoms with Crippen LogP contribution >= 0.6 is 11.6 Å². The van der Waals surface area contributed by atoms with Gasteiger partial charge in [-0.2, -0.15) is 0 Å². The van der Waals surface area contributed by atoms with E-state index in [4.69, 9.17) is 16.3 Å². The summed E-state index contributed by atoms with van der Waals surface area (Å²) in [5, 5.41) is 2.90. The van der Waals surface area contributed by atoms with Gasteiger partial charge < -0.3 is 15.0 Å². The molecule has 0 spiro atoms. The first kappa shape index (κ1) is 17.7. The molecule has 0 saturated carbocycles. The van der Waals surface area contributed by atoms with Crippen molar-refractivity contribution in [3.8, 4) is 5.75 Å². The maximum atomic E-state index is 13.9. The Bertz CT molecular complexity index is 775. The number of nitrogens with one attached hydrogen (secondary N) is 1. The molecule has 0 fully saturated rings. The zero-order chi connectivity index (χ0) is 18.0. The Morgan fingerprint density at radius 3 is 2.88 bits per heavy atom. The highest BCUT2D eigenvalue weighted by molar-refractivity contribution is 6.33. The Balaban J connectivity index is 1.76. The predicted octanol–water partition coefficient (Wildman–Crippen LogP) is 3.45. The van der Waals surface area contributed by atoms with Crippen molar-refractivity contribution < 1.29 is 13.9 Å². The highest BCUT2D eigenvalue weighted by atomic mass is 35.5. The van der Waals surface area contributed by atoms with Gasteiger partial charge in [-0.1, -0.05) is 29.8 Å². The summed E-state index contributed by atoms with van der Waals surface area (Å²) < 4.78 is 19.4. The van der Waals surface area contributed by atoms with E-state index < -0.39 is 11.7 Å². The fraction of sp³-hybridized carbons (Fsp3) is 0.316. The molecular weight excluding hydrogens is 343 g/mol. The highest BCUT2D eigenvalue weighted by Gasteiger charge is 2.21. The summed E-state index contributed by atoms with van der Waals surface area (Å²) in [4.78, 5) is 14.4. The van der Waals surface area contributed by atoms with Gasteiger partial charge in [0, 0.05) is 13.0 Å². The van der Waals surface area contributed by atoms with Crippen molar-refractivity contribution >= 4 is 17.5 Å². The molecule has 0 aliphatic carbocycles. The van der Waals surface area contributed by atoms with Gasteiger partial charge in [0.2, 0.25) is 0 Å². The second-order valence-electron chi connectivity index (χ2n) is 6.25. The van der Waals surface area contributed by atoms with Crippen LogP contribution in [-0.4, -0.2) is 38.1 Å². The van der Waals surface area contributed by atoms with Crippen molar-refractivity contribution in [2.45, 2.75) is 12.5 Å². The number of halogens is 2. The van der Waals surface area contributed by atoms with Crippen LogP contribution in [0.4, 0.5) is 4.39 Å². The molecule has 3 rings (SSSR count). The Hall–Kier alpha value is -2.11. The largest absolute Gasteiger partial charge is 0.493 e. The van der Waals surface area contributed by atoms with Gasteiger partial charge >= 0.3 is 0 Å². The van der Waals surface area contributed by atoms with Crippen molar-refractivity contribution in [1.82, 2.24) is 10.2 Å². The van der Waals surface area contributed by atoms with Crippen LogP contribution in [0.25, 0.3) is 0 Å². The van der Waals surface area contributed by atoms with Crippen LogP contribution in [0.3, 0.4) is 0 Å². The van der Waals surface area contributed by atoms with E-state index in [2.05, 4.69) is 11.4 Å². The van der Waals surface area contributed by atoms with Gasteiger partial charge in [-0.15, -0.1) is 0 Å². The zero-order valence-corrected chi connectivity index (χ0v) is 14.9. The lowest BCUT2D eigenvalue weighted by Crippen LogP contribution is -2.35. The van der Waals surface area contributed by atoms with Gasteiger partial charge in [0.1, 0.15) is 11.6 Å². The molecule has 1 heterocycles. The Morgan fingerprint density at radius 1 is 1.36 bits per heavy atom. The molecule has 0 saturated heterocycles. The summed E-state index contributed by atoms with van der Waals surface area (Å²) in [6.45, 7) is 1.05. The number of nitrogens with zero attached hydrogens (tertiary/aromatic N) is 1. The number of fused-ring (bicyclic) bond motifs is 1. The SMILES string of the molecule is CN(C)C(CNC(=O)c1c(F)cccc1Cl)c1ccc2c(c1)CCO2. The minimum Gasteiger partial charge on any atom is -0.493 e. The number of carbonyl (C=O) groups is 1. The number of rotatable bonds is 5. The third kappa shape index (κ3) is 3.78. The van der Waals surface area contributed by atoms with Crippen LogP contribution in [0.15, 0.2) is 36.4 Å². The smallest absolute Gasteiger partial charge is 0.255 e. The molecule has 1 amide bonds. The lowest BCUT2D eigenvalue weighted by atomic mass is 10.0.